The van der Waals surface area contributed by atoms with Crippen LogP contribution in [0.2, 0.25) is 0 Å². The molecule has 0 unspecified atom stereocenters. The lowest BCUT2D eigenvalue weighted by molar-refractivity contribution is -0.118. The Balaban J connectivity index is 1.75. The van der Waals surface area contributed by atoms with E-state index in [9.17, 15) is 22.4 Å². The van der Waals surface area contributed by atoms with Crippen LogP contribution in [0.1, 0.15) is 43.4 Å². The molecule has 198 valence electrons. The molecule has 0 aliphatic heterocycles. The summed E-state index contributed by atoms with van der Waals surface area (Å²) in [6.45, 7) is 6.20. The molecule has 0 saturated heterocycles. The van der Waals surface area contributed by atoms with Gasteiger partial charge in [0.2, 0.25) is 15.9 Å². The standard InChI is InChI=1S/C25H30FN5O4S2/c1-4-30(5-2)37(34,35)22-14-8-19(9-15-22)23(33)17-36-25-29-28-24(7-6-16-27-18(3)32)31(25)21-12-10-20(26)11-13-21/h8-15H,4-7,16-17H2,1-3H3,(H,27,32). The molecular weight excluding hydrogens is 517 g/mol. The first-order chi connectivity index (χ1) is 17.7. The van der Waals surface area contributed by atoms with E-state index in [-0.39, 0.29) is 28.2 Å². The molecule has 0 fully saturated rings. The van der Waals surface area contributed by atoms with Gasteiger partial charge in [-0.25, -0.2) is 12.8 Å². The summed E-state index contributed by atoms with van der Waals surface area (Å²) in [4.78, 5) is 24.1. The molecule has 0 aliphatic carbocycles. The van der Waals surface area contributed by atoms with Crippen LogP contribution in [0.15, 0.2) is 58.6 Å². The zero-order valence-corrected chi connectivity index (χ0v) is 22.6. The van der Waals surface area contributed by atoms with Crippen molar-refractivity contribution in [1.82, 2.24) is 24.4 Å². The maximum absolute atomic E-state index is 13.5. The van der Waals surface area contributed by atoms with Gasteiger partial charge < -0.3 is 5.32 Å². The molecule has 0 saturated carbocycles. The van der Waals surface area contributed by atoms with Crippen molar-refractivity contribution in [3.05, 3.63) is 65.7 Å². The predicted octanol–water partition coefficient (Wildman–Crippen LogP) is 3.48. The Hall–Kier alpha value is -3.09. The van der Waals surface area contributed by atoms with Gasteiger partial charge in [-0.3, -0.25) is 14.2 Å². The molecule has 0 atom stereocenters. The molecule has 1 aromatic heterocycles. The number of aryl methyl sites for hydroxylation is 1. The minimum absolute atomic E-state index is 0.0490. The number of nitrogens with zero attached hydrogens (tertiary/aromatic N) is 4. The average molecular weight is 548 g/mol. The van der Waals surface area contributed by atoms with Gasteiger partial charge in [-0.2, -0.15) is 4.31 Å². The van der Waals surface area contributed by atoms with Gasteiger partial charge in [0.05, 0.1) is 10.6 Å². The topological polar surface area (TPSA) is 114 Å². The zero-order chi connectivity index (χ0) is 27.0. The molecule has 37 heavy (non-hydrogen) atoms. The molecule has 9 nitrogen and oxygen atoms in total. The van der Waals surface area contributed by atoms with Crippen LogP contribution in [0.4, 0.5) is 4.39 Å². The maximum atomic E-state index is 13.5. The van der Waals surface area contributed by atoms with Crippen molar-refractivity contribution in [1.29, 1.82) is 0 Å². The Kier molecular flexibility index (Phi) is 9.95. The lowest BCUT2D eigenvalue weighted by Gasteiger charge is -2.18. The monoisotopic (exact) mass is 547 g/mol. The smallest absolute Gasteiger partial charge is 0.243 e. The first kappa shape index (κ1) is 28.5. The second-order valence-corrected chi connectivity index (χ2v) is 11.0. The fraction of sp³-hybridized carbons (Fsp3) is 0.360. The summed E-state index contributed by atoms with van der Waals surface area (Å²) in [7, 11) is -3.60. The summed E-state index contributed by atoms with van der Waals surface area (Å²) in [6, 6.07) is 11.8. The Morgan fingerprint density at radius 1 is 1.03 bits per heavy atom. The summed E-state index contributed by atoms with van der Waals surface area (Å²) in [5.41, 5.74) is 1.04. The molecular formula is C25H30FN5O4S2. The Labute approximate surface area is 220 Å². The molecule has 0 radical (unpaired) electrons. The quantitative estimate of drug-likeness (QED) is 0.198. The minimum atomic E-state index is -3.60. The van der Waals surface area contributed by atoms with E-state index in [0.717, 1.165) is 0 Å². The first-order valence-electron chi connectivity index (χ1n) is 11.9. The third-order valence-corrected chi connectivity index (χ3v) is 8.58. The molecule has 2 aromatic carbocycles. The number of sulfonamides is 1. The van der Waals surface area contributed by atoms with E-state index in [2.05, 4.69) is 15.5 Å². The van der Waals surface area contributed by atoms with Crippen molar-refractivity contribution < 1.29 is 22.4 Å². The number of Topliss-reactive ketones (excluding diaryl/α,β-unsaturated/α-hetero) is 1. The van der Waals surface area contributed by atoms with Crippen molar-refractivity contribution in [3.8, 4) is 5.69 Å². The Morgan fingerprint density at radius 2 is 1.68 bits per heavy atom. The van der Waals surface area contributed by atoms with E-state index < -0.39 is 10.0 Å². The highest BCUT2D eigenvalue weighted by molar-refractivity contribution is 7.99. The zero-order valence-electron chi connectivity index (χ0n) is 21.0. The fourth-order valence-electron chi connectivity index (χ4n) is 3.65. The van der Waals surface area contributed by atoms with E-state index in [1.165, 1.54) is 59.4 Å². The second kappa shape index (κ2) is 12.9. The first-order valence-corrected chi connectivity index (χ1v) is 14.3. The van der Waals surface area contributed by atoms with Gasteiger partial charge in [0.25, 0.3) is 0 Å². The van der Waals surface area contributed by atoms with Crippen LogP contribution in [0.3, 0.4) is 0 Å². The van der Waals surface area contributed by atoms with Crippen LogP contribution in [-0.2, 0) is 21.2 Å². The number of hydrogen-bond acceptors (Lipinski definition) is 7. The van der Waals surface area contributed by atoms with E-state index >= 15 is 0 Å². The number of ketones is 1. The molecule has 12 heteroatoms. The van der Waals surface area contributed by atoms with Gasteiger partial charge in [0, 0.05) is 44.2 Å². The van der Waals surface area contributed by atoms with Gasteiger partial charge in [-0.1, -0.05) is 37.7 Å². The third-order valence-electron chi connectivity index (χ3n) is 5.59. The van der Waals surface area contributed by atoms with E-state index in [4.69, 9.17) is 0 Å². The molecule has 0 bridgehead atoms. The highest BCUT2D eigenvalue weighted by Crippen LogP contribution is 2.24. The molecule has 1 N–H and O–H groups in total. The van der Waals surface area contributed by atoms with E-state index in [1.807, 2.05) is 0 Å². The SMILES string of the molecule is CCN(CC)S(=O)(=O)c1ccc(C(=O)CSc2nnc(CCCNC(C)=O)n2-c2ccc(F)cc2)cc1. The predicted molar refractivity (Wildman–Crippen MR) is 140 cm³/mol. The van der Waals surface area contributed by atoms with Gasteiger partial charge in [0.1, 0.15) is 11.6 Å². The van der Waals surface area contributed by atoms with Crippen LogP contribution in [-0.4, -0.2) is 64.6 Å². The van der Waals surface area contributed by atoms with Crippen LogP contribution >= 0.6 is 11.8 Å². The van der Waals surface area contributed by atoms with Gasteiger partial charge in [-0.15, -0.1) is 10.2 Å². The molecule has 3 rings (SSSR count). The summed E-state index contributed by atoms with van der Waals surface area (Å²) < 4.78 is 42.0. The number of aromatic nitrogens is 3. The summed E-state index contributed by atoms with van der Waals surface area (Å²) in [5.74, 6) is -0.0169. The van der Waals surface area contributed by atoms with E-state index in [1.54, 1.807) is 30.5 Å². The van der Waals surface area contributed by atoms with Crippen LogP contribution < -0.4 is 5.32 Å². The average Bonchev–Trinajstić information content (AvgIpc) is 3.28. The lowest BCUT2D eigenvalue weighted by Crippen LogP contribution is -2.30. The highest BCUT2D eigenvalue weighted by Gasteiger charge is 2.22. The van der Waals surface area contributed by atoms with Crippen molar-refractivity contribution in [2.75, 3.05) is 25.4 Å². The maximum Gasteiger partial charge on any atom is 0.243 e. The second-order valence-electron chi connectivity index (χ2n) is 8.12. The van der Waals surface area contributed by atoms with Gasteiger partial charge in [0.15, 0.2) is 10.9 Å². The molecule has 1 heterocycles. The van der Waals surface area contributed by atoms with Crippen molar-refractivity contribution in [3.63, 3.8) is 0 Å². The lowest BCUT2D eigenvalue weighted by atomic mass is 10.1. The summed E-state index contributed by atoms with van der Waals surface area (Å²) in [5, 5.41) is 11.7. The van der Waals surface area contributed by atoms with Crippen LogP contribution in [0.25, 0.3) is 5.69 Å². The number of carbonyl (C=O) groups is 2. The molecule has 0 spiro atoms. The normalized spacial score (nSPS) is 11.6. The minimum Gasteiger partial charge on any atom is -0.356 e. The summed E-state index contributed by atoms with van der Waals surface area (Å²) in [6.07, 6.45) is 1.15. The number of hydrogen-bond donors (Lipinski definition) is 1. The highest BCUT2D eigenvalue weighted by atomic mass is 32.2. The third kappa shape index (κ3) is 7.24. The Morgan fingerprint density at radius 3 is 2.27 bits per heavy atom. The largest absolute Gasteiger partial charge is 0.356 e. The number of benzene rings is 2. The number of carbonyl (C=O) groups excluding carboxylic acids is 2. The van der Waals surface area contributed by atoms with Crippen molar-refractivity contribution in [2.45, 2.75) is 43.7 Å². The Bertz CT molecular complexity index is 1320. The number of rotatable bonds is 13. The van der Waals surface area contributed by atoms with Crippen molar-refractivity contribution >= 4 is 33.5 Å². The number of thioether (sulfide) groups is 1. The van der Waals surface area contributed by atoms with E-state index in [0.29, 0.717) is 54.7 Å². The molecule has 3 aromatic rings. The molecule has 1 amide bonds. The van der Waals surface area contributed by atoms with Gasteiger partial charge >= 0.3 is 0 Å². The number of nitrogens with one attached hydrogen (secondary N) is 1. The summed E-state index contributed by atoms with van der Waals surface area (Å²) >= 11 is 1.19. The molecule has 0 aliphatic rings. The van der Waals surface area contributed by atoms with Crippen LogP contribution in [0.5, 0.6) is 0 Å². The van der Waals surface area contributed by atoms with Crippen molar-refractivity contribution in [2.24, 2.45) is 0 Å². The number of amides is 1. The number of halogens is 1. The van der Waals surface area contributed by atoms with Gasteiger partial charge in [-0.05, 0) is 42.8 Å². The fourth-order valence-corrected chi connectivity index (χ4v) is 5.98. The van der Waals surface area contributed by atoms with Crippen LogP contribution in [0, 0.1) is 5.82 Å².